The fraction of sp³-hybridized carbons (Fsp3) is 0.500. The van der Waals surface area contributed by atoms with E-state index >= 15 is 0 Å². The van der Waals surface area contributed by atoms with E-state index < -0.39 is 27.3 Å². The van der Waals surface area contributed by atoms with Crippen LogP contribution in [0.5, 0.6) is 0 Å². The van der Waals surface area contributed by atoms with Crippen LogP contribution in [0, 0.1) is 0 Å². The van der Waals surface area contributed by atoms with Gasteiger partial charge in [0, 0.05) is 6.54 Å². The molecular weight excluding hydrogens is 244 g/mol. The lowest BCUT2D eigenvalue weighted by molar-refractivity contribution is -0.117. The normalized spacial score (nSPS) is 10.8. The highest BCUT2D eigenvalue weighted by Gasteiger charge is 2.25. The monoisotopic (exact) mass is 264 g/mol. The van der Waals surface area contributed by atoms with Crippen LogP contribution in [0.25, 0.3) is 0 Å². The molecule has 6 nitrogen and oxygen atoms in total. The van der Waals surface area contributed by atoms with Gasteiger partial charge in [0.1, 0.15) is 0 Å². The number of hydrogen-bond acceptors (Lipinski definition) is 4. The summed E-state index contributed by atoms with van der Waals surface area (Å²) < 4.78 is 29.5. The number of hydrogen-bond donors (Lipinski definition) is 3. The van der Waals surface area contributed by atoms with Crippen molar-refractivity contribution in [1.29, 1.82) is 0 Å². The van der Waals surface area contributed by atoms with E-state index in [-0.39, 0.29) is 0 Å². The van der Waals surface area contributed by atoms with E-state index in [1.165, 1.54) is 13.8 Å². The molecule has 0 fully saturated rings. The molecule has 0 aromatic heterocycles. The lowest BCUT2D eigenvalue weighted by Crippen LogP contribution is -2.47. The predicted molar refractivity (Wildman–Crippen MR) is 68.1 cm³/mol. The van der Waals surface area contributed by atoms with Gasteiger partial charge in [0.2, 0.25) is 5.91 Å². The Morgan fingerprint density at radius 1 is 1.47 bits per heavy atom. The van der Waals surface area contributed by atoms with Crippen molar-refractivity contribution >= 4 is 16.0 Å². The third kappa shape index (κ3) is 14.8. The molecule has 0 heterocycles. The molecule has 0 saturated carbocycles. The summed E-state index contributed by atoms with van der Waals surface area (Å²) in [4.78, 5) is 10.8. The van der Waals surface area contributed by atoms with Gasteiger partial charge in [0.15, 0.2) is 0 Å². The van der Waals surface area contributed by atoms with Gasteiger partial charge in [-0.25, -0.2) is 0 Å². The molecule has 0 atom stereocenters. The van der Waals surface area contributed by atoms with Crippen LogP contribution in [-0.4, -0.2) is 36.7 Å². The minimum absolute atomic E-state index is 0.478. The number of carbonyl (C=O) groups is 1. The molecule has 0 bridgehead atoms. The number of amides is 1. The fourth-order valence-electron chi connectivity index (χ4n) is 0.877. The van der Waals surface area contributed by atoms with E-state index in [0.29, 0.717) is 6.54 Å². The zero-order chi connectivity index (χ0) is 14.1. The Kier molecular flexibility index (Phi) is 8.55. The summed E-state index contributed by atoms with van der Waals surface area (Å²) in [6, 6.07) is 0. The van der Waals surface area contributed by atoms with Crippen LogP contribution in [0.2, 0.25) is 0 Å². The molecule has 7 heteroatoms. The van der Waals surface area contributed by atoms with E-state index in [1.54, 1.807) is 6.08 Å². The van der Waals surface area contributed by atoms with Crippen molar-refractivity contribution in [3.63, 3.8) is 0 Å². The van der Waals surface area contributed by atoms with Gasteiger partial charge in [-0.1, -0.05) is 12.7 Å². The standard InChI is InChI=1S/C7H13NO4S.C3H7N/c1-4-6(9)8-7(2,3)5-13(10,11)12;1-2-3-4/h4H,1,5H2,2-3H3,(H,8,9)(H,10,11,12);2H,1,3-4H2. The highest BCUT2D eigenvalue weighted by atomic mass is 32.2. The summed E-state index contributed by atoms with van der Waals surface area (Å²) >= 11 is 0. The van der Waals surface area contributed by atoms with E-state index in [2.05, 4.69) is 18.5 Å². The quantitative estimate of drug-likeness (QED) is 0.370. The lowest BCUT2D eigenvalue weighted by atomic mass is 10.1. The molecule has 0 aliphatic heterocycles. The topological polar surface area (TPSA) is 109 Å². The van der Waals surface area contributed by atoms with E-state index in [0.717, 1.165) is 6.08 Å². The van der Waals surface area contributed by atoms with Gasteiger partial charge in [-0.3, -0.25) is 9.35 Å². The van der Waals surface area contributed by atoms with Crippen molar-refractivity contribution in [3.8, 4) is 0 Å². The Hall–Kier alpha value is -1.18. The van der Waals surface area contributed by atoms with Crippen molar-refractivity contribution in [2.75, 3.05) is 12.3 Å². The van der Waals surface area contributed by atoms with E-state index in [1.807, 2.05) is 0 Å². The zero-order valence-corrected chi connectivity index (χ0v) is 11.0. The summed E-state index contributed by atoms with van der Waals surface area (Å²) in [6.07, 6.45) is 2.69. The van der Waals surface area contributed by atoms with Crippen LogP contribution in [0.1, 0.15) is 13.8 Å². The Balaban J connectivity index is 0. The minimum Gasteiger partial charge on any atom is -0.347 e. The Labute approximate surface area is 102 Å². The molecule has 1 amide bonds. The first kappa shape index (κ1) is 18.2. The SMILES string of the molecule is C=CC(=O)NC(C)(C)CS(=O)(=O)O.C=CCN. The molecule has 0 radical (unpaired) electrons. The van der Waals surface area contributed by atoms with Gasteiger partial charge in [-0.05, 0) is 19.9 Å². The Morgan fingerprint density at radius 2 is 1.88 bits per heavy atom. The summed E-state index contributed by atoms with van der Waals surface area (Å²) in [6.45, 7) is 10.1. The molecular formula is C10H20N2O4S. The molecule has 0 saturated heterocycles. The van der Waals surface area contributed by atoms with Crippen molar-refractivity contribution in [2.24, 2.45) is 5.73 Å². The van der Waals surface area contributed by atoms with Crippen LogP contribution in [0.4, 0.5) is 0 Å². The molecule has 100 valence electrons. The van der Waals surface area contributed by atoms with Crippen LogP contribution >= 0.6 is 0 Å². The van der Waals surface area contributed by atoms with Gasteiger partial charge in [-0.2, -0.15) is 8.42 Å². The molecule has 0 aromatic carbocycles. The largest absolute Gasteiger partial charge is 0.347 e. The second kappa shape index (κ2) is 7.99. The fourth-order valence-corrected chi connectivity index (χ4v) is 1.86. The highest BCUT2D eigenvalue weighted by Crippen LogP contribution is 2.05. The highest BCUT2D eigenvalue weighted by molar-refractivity contribution is 7.85. The smallest absolute Gasteiger partial charge is 0.267 e. The summed E-state index contributed by atoms with van der Waals surface area (Å²) in [5.41, 5.74) is 3.91. The first-order valence-electron chi connectivity index (χ1n) is 4.78. The number of nitrogens with two attached hydrogens (primary N) is 1. The molecule has 0 unspecified atom stereocenters. The second-order valence-corrected chi connectivity index (χ2v) is 5.28. The van der Waals surface area contributed by atoms with Gasteiger partial charge < -0.3 is 11.1 Å². The average molecular weight is 264 g/mol. The summed E-state index contributed by atoms with van der Waals surface area (Å²) in [5, 5.41) is 2.37. The first-order valence-corrected chi connectivity index (χ1v) is 6.39. The Morgan fingerprint density at radius 3 is 2.12 bits per heavy atom. The maximum absolute atomic E-state index is 10.8. The third-order valence-corrected chi connectivity index (χ3v) is 2.44. The molecule has 17 heavy (non-hydrogen) atoms. The summed E-state index contributed by atoms with van der Waals surface area (Å²) in [5.74, 6) is -1.01. The van der Waals surface area contributed by atoms with Crippen molar-refractivity contribution < 1.29 is 17.8 Å². The van der Waals surface area contributed by atoms with E-state index in [4.69, 9.17) is 10.3 Å². The maximum atomic E-state index is 10.8. The van der Waals surface area contributed by atoms with E-state index in [9.17, 15) is 13.2 Å². The van der Waals surface area contributed by atoms with Crippen LogP contribution in [0.15, 0.2) is 25.3 Å². The second-order valence-electron chi connectivity index (χ2n) is 3.83. The number of nitrogens with one attached hydrogen (secondary N) is 1. The van der Waals surface area contributed by atoms with Crippen LogP contribution in [-0.2, 0) is 14.9 Å². The molecule has 0 aliphatic carbocycles. The molecule has 4 N–H and O–H groups in total. The van der Waals surface area contributed by atoms with Crippen molar-refractivity contribution in [2.45, 2.75) is 19.4 Å². The van der Waals surface area contributed by atoms with Gasteiger partial charge >= 0.3 is 0 Å². The Bertz CT molecular complexity index is 361. The first-order chi connectivity index (χ1) is 7.58. The molecule has 0 aliphatic rings. The maximum Gasteiger partial charge on any atom is 0.267 e. The summed E-state index contributed by atoms with van der Waals surface area (Å²) in [7, 11) is -4.08. The van der Waals surface area contributed by atoms with Crippen LogP contribution in [0.3, 0.4) is 0 Å². The van der Waals surface area contributed by atoms with Gasteiger partial charge in [0.25, 0.3) is 10.1 Å². The minimum atomic E-state index is -4.08. The molecule has 0 spiro atoms. The van der Waals surface area contributed by atoms with Crippen molar-refractivity contribution in [1.82, 2.24) is 5.32 Å². The van der Waals surface area contributed by atoms with Crippen LogP contribution < -0.4 is 11.1 Å². The number of rotatable bonds is 5. The van der Waals surface area contributed by atoms with Crippen molar-refractivity contribution in [3.05, 3.63) is 25.3 Å². The number of carbonyl (C=O) groups excluding carboxylic acids is 1. The zero-order valence-electron chi connectivity index (χ0n) is 10.1. The third-order valence-electron chi connectivity index (χ3n) is 1.36. The molecule has 0 aromatic rings. The average Bonchev–Trinajstić information content (AvgIpc) is 2.13. The predicted octanol–water partition coefficient (Wildman–Crippen LogP) is 0.0861. The van der Waals surface area contributed by atoms with Gasteiger partial charge in [0.05, 0.1) is 11.3 Å². The lowest BCUT2D eigenvalue weighted by Gasteiger charge is -2.23. The van der Waals surface area contributed by atoms with Gasteiger partial charge in [-0.15, -0.1) is 6.58 Å². The molecule has 0 rings (SSSR count).